The van der Waals surface area contributed by atoms with Crippen molar-refractivity contribution in [3.8, 4) is 5.75 Å². The third-order valence-electron chi connectivity index (χ3n) is 3.22. The van der Waals surface area contributed by atoms with E-state index in [0.717, 1.165) is 12.2 Å². The predicted molar refractivity (Wildman–Crippen MR) is 63.8 cm³/mol. The van der Waals surface area contributed by atoms with Crippen molar-refractivity contribution in [1.82, 2.24) is 0 Å². The molecule has 15 heavy (non-hydrogen) atoms. The van der Waals surface area contributed by atoms with Crippen LogP contribution in [0.15, 0.2) is 24.3 Å². The summed E-state index contributed by atoms with van der Waals surface area (Å²) in [6.45, 7) is 0. The second-order valence-corrected chi connectivity index (χ2v) is 4.71. The first-order chi connectivity index (χ1) is 7.33. The topological polar surface area (TPSA) is 9.23 Å². The van der Waals surface area contributed by atoms with Crippen LogP contribution in [0.25, 0.3) is 0 Å². The van der Waals surface area contributed by atoms with E-state index < -0.39 is 0 Å². The number of hydrogen-bond acceptors (Lipinski definition) is 1. The van der Waals surface area contributed by atoms with Gasteiger partial charge in [0.25, 0.3) is 0 Å². The molecule has 1 saturated carbocycles. The van der Waals surface area contributed by atoms with Crippen LogP contribution in [0.1, 0.15) is 37.2 Å². The van der Waals surface area contributed by atoms with Gasteiger partial charge in [0, 0.05) is 11.3 Å². The van der Waals surface area contributed by atoms with Gasteiger partial charge in [0.15, 0.2) is 0 Å². The number of halogens is 1. The Bertz CT molecular complexity index is 324. The molecule has 0 heterocycles. The zero-order chi connectivity index (χ0) is 10.7. The summed E-state index contributed by atoms with van der Waals surface area (Å²) in [6, 6.07) is 8.24. The van der Waals surface area contributed by atoms with E-state index in [2.05, 4.69) is 12.1 Å². The highest BCUT2D eigenvalue weighted by molar-refractivity contribution is 6.21. The molecule has 1 aliphatic rings. The molecule has 2 heteroatoms. The van der Waals surface area contributed by atoms with Crippen LogP contribution in [0.4, 0.5) is 0 Å². The lowest BCUT2D eigenvalue weighted by molar-refractivity contribution is 0.389. The molecule has 1 aromatic rings. The molecule has 2 rings (SSSR count). The molecular weight excluding hydrogens is 208 g/mol. The number of hydrogen-bond donors (Lipinski definition) is 0. The van der Waals surface area contributed by atoms with Gasteiger partial charge in [-0.3, -0.25) is 0 Å². The van der Waals surface area contributed by atoms with Crippen LogP contribution in [0.2, 0.25) is 0 Å². The number of alkyl halides is 1. The maximum Gasteiger partial charge on any atom is 0.122 e. The molecule has 1 fully saturated rings. The van der Waals surface area contributed by atoms with Crippen LogP contribution in [-0.2, 0) is 0 Å². The number of para-hydroxylation sites is 1. The molecule has 0 aromatic heterocycles. The predicted octanol–water partition coefficient (Wildman–Crippen LogP) is 3.96. The molecule has 0 unspecified atom stereocenters. The first-order valence-corrected chi connectivity index (χ1v) is 6.03. The van der Waals surface area contributed by atoms with E-state index in [0.29, 0.717) is 5.92 Å². The molecule has 2 atom stereocenters. The van der Waals surface area contributed by atoms with Crippen LogP contribution in [0, 0.1) is 0 Å². The molecule has 0 radical (unpaired) electrons. The molecule has 0 N–H and O–H groups in total. The van der Waals surface area contributed by atoms with E-state index in [1.165, 1.54) is 24.8 Å². The number of benzene rings is 1. The van der Waals surface area contributed by atoms with E-state index in [-0.39, 0.29) is 5.38 Å². The van der Waals surface area contributed by atoms with Crippen molar-refractivity contribution in [3.05, 3.63) is 29.8 Å². The fraction of sp³-hybridized carbons (Fsp3) is 0.538. The third-order valence-corrected chi connectivity index (χ3v) is 3.74. The Morgan fingerprint density at radius 3 is 2.67 bits per heavy atom. The van der Waals surface area contributed by atoms with E-state index >= 15 is 0 Å². The minimum atomic E-state index is 0.273. The fourth-order valence-electron chi connectivity index (χ4n) is 2.41. The fourth-order valence-corrected chi connectivity index (χ4v) is 2.82. The van der Waals surface area contributed by atoms with Gasteiger partial charge in [0.2, 0.25) is 0 Å². The summed E-state index contributed by atoms with van der Waals surface area (Å²) in [7, 11) is 1.73. The van der Waals surface area contributed by atoms with Crippen molar-refractivity contribution in [2.45, 2.75) is 37.0 Å². The standard InChI is InChI=1S/C13H17ClO/c1-15-13-9-5-3-7-11(13)10-6-2-4-8-12(10)14/h3,5,7,9-10,12H,2,4,6,8H2,1H3/t10-,12-/m1/s1. The Labute approximate surface area is 96.4 Å². The highest BCUT2D eigenvalue weighted by Crippen LogP contribution is 2.39. The number of methoxy groups -OCH3 is 1. The summed E-state index contributed by atoms with van der Waals surface area (Å²) in [4.78, 5) is 0. The molecule has 0 saturated heterocycles. The Morgan fingerprint density at radius 1 is 1.20 bits per heavy atom. The second-order valence-electron chi connectivity index (χ2n) is 4.15. The van der Waals surface area contributed by atoms with Gasteiger partial charge in [-0.05, 0) is 24.5 Å². The zero-order valence-electron chi connectivity index (χ0n) is 9.08. The molecule has 0 bridgehead atoms. The smallest absolute Gasteiger partial charge is 0.122 e. The second kappa shape index (κ2) is 4.89. The summed E-state index contributed by atoms with van der Waals surface area (Å²) < 4.78 is 5.39. The van der Waals surface area contributed by atoms with E-state index in [4.69, 9.17) is 16.3 Å². The lowest BCUT2D eigenvalue weighted by atomic mass is 9.83. The molecule has 0 aliphatic heterocycles. The summed E-state index contributed by atoms with van der Waals surface area (Å²) in [6.07, 6.45) is 4.87. The van der Waals surface area contributed by atoms with Crippen LogP contribution in [0.5, 0.6) is 5.75 Å². The minimum Gasteiger partial charge on any atom is -0.496 e. The van der Waals surface area contributed by atoms with Gasteiger partial charge < -0.3 is 4.74 Å². The quantitative estimate of drug-likeness (QED) is 0.691. The van der Waals surface area contributed by atoms with Gasteiger partial charge in [0.1, 0.15) is 5.75 Å². The Hall–Kier alpha value is -0.690. The molecule has 1 aromatic carbocycles. The summed E-state index contributed by atoms with van der Waals surface area (Å²) in [5.74, 6) is 1.45. The highest BCUT2D eigenvalue weighted by Gasteiger charge is 2.26. The number of ether oxygens (including phenoxy) is 1. The average molecular weight is 225 g/mol. The van der Waals surface area contributed by atoms with Gasteiger partial charge in [0.05, 0.1) is 7.11 Å². The maximum absolute atomic E-state index is 6.39. The van der Waals surface area contributed by atoms with Crippen molar-refractivity contribution < 1.29 is 4.74 Å². The van der Waals surface area contributed by atoms with Gasteiger partial charge in [-0.25, -0.2) is 0 Å². The molecular formula is C13H17ClO. The SMILES string of the molecule is COc1ccccc1[C@H]1CCCC[C@H]1Cl. The first-order valence-electron chi connectivity index (χ1n) is 5.60. The van der Waals surface area contributed by atoms with Crippen LogP contribution in [0.3, 0.4) is 0 Å². The number of rotatable bonds is 2. The minimum absolute atomic E-state index is 0.273. The zero-order valence-corrected chi connectivity index (χ0v) is 9.83. The maximum atomic E-state index is 6.39. The normalized spacial score (nSPS) is 26.3. The molecule has 1 aliphatic carbocycles. The van der Waals surface area contributed by atoms with Crippen LogP contribution >= 0.6 is 11.6 Å². The Kier molecular flexibility index (Phi) is 3.53. The van der Waals surface area contributed by atoms with Crippen molar-refractivity contribution in [3.63, 3.8) is 0 Å². The van der Waals surface area contributed by atoms with Crippen LogP contribution in [-0.4, -0.2) is 12.5 Å². The highest BCUT2D eigenvalue weighted by atomic mass is 35.5. The summed E-state index contributed by atoms with van der Waals surface area (Å²) in [5, 5.41) is 0.273. The molecule has 82 valence electrons. The van der Waals surface area contributed by atoms with Crippen molar-refractivity contribution in [1.29, 1.82) is 0 Å². The Balaban J connectivity index is 2.26. The third kappa shape index (κ3) is 2.28. The van der Waals surface area contributed by atoms with Gasteiger partial charge in [-0.15, -0.1) is 11.6 Å². The lowest BCUT2D eigenvalue weighted by Crippen LogP contribution is -2.18. The van der Waals surface area contributed by atoms with Crippen molar-refractivity contribution in [2.24, 2.45) is 0 Å². The van der Waals surface area contributed by atoms with Gasteiger partial charge >= 0.3 is 0 Å². The Morgan fingerprint density at radius 2 is 1.93 bits per heavy atom. The first kappa shape index (κ1) is 10.8. The average Bonchev–Trinajstić information content (AvgIpc) is 2.30. The summed E-state index contributed by atoms with van der Waals surface area (Å²) >= 11 is 6.39. The van der Waals surface area contributed by atoms with E-state index in [9.17, 15) is 0 Å². The van der Waals surface area contributed by atoms with Crippen LogP contribution < -0.4 is 4.74 Å². The van der Waals surface area contributed by atoms with Crippen molar-refractivity contribution >= 4 is 11.6 Å². The van der Waals surface area contributed by atoms with Crippen molar-refractivity contribution in [2.75, 3.05) is 7.11 Å². The van der Waals surface area contributed by atoms with E-state index in [1.807, 2.05) is 12.1 Å². The molecule has 0 amide bonds. The monoisotopic (exact) mass is 224 g/mol. The van der Waals surface area contributed by atoms with Gasteiger partial charge in [-0.1, -0.05) is 31.0 Å². The molecule has 1 nitrogen and oxygen atoms in total. The summed E-state index contributed by atoms with van der Waals surface area (Å²) in [5.41, 5.74) is 1.28. The largest absolute Gasteiger partial charge is 0.496 e. The molecule has 0 spiro atoms. The van der Waals surface area contributed by atoms with Gasteiger partial charge in [-0.2, -0.15) is 0 Å². The lowest BCUT2D eigenvalue weighted by Gasteiger charge is -2.28. The van der Waals surface area contributed by atoms with E-state index in [1.54, 1.807) is 7.11 Å².